The predicted octanol–water partition coefficient (Wildman–Crippen LogP) is 0.182. The van der Waals surface area contributed by atoms with Gasteiger partial charge in [-0.15, -0.1) is 5.10 Å². The Morgan fingerprint density at radius 3 is 3.07 bits per heavy atom. The molecule has 0 spiro atoms. The first kappa shape index (κ1) is 12.4. The Hall–Kier alpha value is -0.660. The number of tetrazole rings is 1. The topological polar surface area (TPSA) is 73.1 Å². The average molecular weight is 232 g/mol. The smallest absolute Gasteiger partial charge is 0.209 e. The summed E-state index contributed by atoms with van der Waals surface area (Å²) in [5.41, 5.74) is 0. The van der Waals surface area contributed by atoms with E-state index in [2.05, 4.69) is 22.4 Å². The fraction of sp³-hybridized carbons (Fsp3) is 0.875. The van der Waals surface area contributed by atoms with Gasteiger partial charge >= 0.3 is 0 Å². The second-order valence-corrected chi connectivity index (χ2v) is 4.52. The van der Waals surface area contributed by atoms with Crippen molar-refractivity contribution >= 4 is 11.8 Å². The first-order valence-corrected chi connectivity index (χ1v) is 5.68. The van der Waals surface area contributed by atoms with Gasteiger partial charge < -0.3 is 9.84 Å². The molecule has 1 aromatic rings. The number of aromatic nitrogens is 4. The quantitative estimate of drug-likeness (QED) is 0.676. The fourth-order valence-corrected chi connectivity index (χ4v) is 1.95. The zero-order valence-electron chi connectivity index (χ0n) is 8.96. The van der Waals surface area contributed by atoms with Crippen LogP contribution in [0.1, 0.15) is 13.3 Å². The summed E-state index contributed by atoms with van der Waals surface area (Å²) in [6.45, 7) is 3.31. The molecule has 86 valence electrons. The van der Waals surface area contributed by atoms with Crippen molar-refractivity contribution in [2.75, 3.05) is 20.3 Å². The zero-order valence-corrected chi connectivity index (χ0v) is 9.77. The summed E-state index contributed by atoms with van der Waals surface area (Å²) >= 11 is 1.59. The molecule has 0 saturated carbocycles. The molecule has 7 heteroatoms. The number of nitrogens with zero attached hydrogens (tertiary/aromatic N) is 4. The highest BCUT2D eigenvalue weighted by atomic mass is 32.2. The van der Waals surface area contributed by atoms with E-state index in [1.54, 1.807) is 23.6 Å². The number of ether oxygens (including phenoxy) is 1. The van der Waals surface area contributed by atoms with Gasteiger partial charge in [-0.25, -0.2) is 4.68 Å². The van der Waals surface area contributed by atoms with Crippen LogP contribution in [-0.4, -0.2) is 50.9 Å². The Labute approximate surface area is 93.0 Å². The summed E-state index contributed by atoms with van der Waals surface area (Å²) in [7, 11) is 1.69. The van der Waals surface area contributed by atoms with E-state index in [1.165, 1.54) is 0 Å². The average Bonchev–Trinajstić information content (AvgIpc) is 2.63. The maximum Gasteiger partial charge on any atom is 0.209 e. The molecule has 0 fully saturated rings. The highest BCUT2D eigenvalue weighted by molar-refractivity contribution is 7.99. The minimum absolute atomic E-state index is 0.0467. The molecule has 0 radical (unpaired) electrons. The van der Waals surface area contributed by atoms with Crippen LogP contribution in [0.4, 0.5) is 0 Å². The molecule has 1 N–H and O–H groups in total. The van der Waals surface area contributed by atoms with Gasteiger partial charge in [-0.05, 0) is 16.8 Å². The summed E-state index contributed by atoms with van der Waals surface area (Å²) in [5.74, 6) is 0. The van der Waals surface area contributed by atoms with Crippen LogP contribution in [0, 0.1) is 0 Å². The number of aliphatic hydroxyl groups excluding tert-OH is 1. The molecule has 0 amide bonds. The zero-order chi connectivity index (χ0) is 11.1. The molecule has 0 aromatic carbocycles. The van der Waals surface area contributed by atoms with Crippen molar-refractivity contribution in [1.29, 1.82) is 0 Å². The number of thioether (sulfide) groups is 1. The van der Waals surface area contributed by atoms with Gasteiger partial charge in [0, 0.05) is 19.0 Å². The molecule has 1 atom stereocenters. The maximum absolute atomic E-state index is 8.79. The third-order valence-corrected chi connectivity index (χ3v) is 2.99. The summed E-state index contributed by atoms with van der Waals surface area (Å²) in [4.78, 5) is 0. The largest absolute Gasteiger partial charge is 0.394 e. The molecule has 0 aliphatic rings. The normalized spacial score (nSPS) is 13.0. The van der Waals surface area contributed by atoms with Crippen LogP contribution in [0.5, 0.6) is 0 Å². The van der Waals surface area contributed by atoms with Crippen molar-refractivity contribution in [3.63, 3.8) is 0 Å². The van der Waals surface area contributed by atoms with E-state index in [-0.39, 0.29) is 6.61 Å². The third-order valence-electron chi connectivity index (χ3n) is 1.85. The van der Waals surface area contributed by atoms with Crippen LogP contribution >= 0.6 is 11.8 Å². The Kier molecular flexibility index (Phi) is 5.59. The van der Waals surface area contributed by atoms with Gasteiger partial charge in [0.15, 0.2) is 0 Å². The van der Waals surface area contributed by atoms with Crippen LogP contribution in [0.15, 0.2) is 5.16 Å². The first-order valence-electron chi connectivity index (χ1n) is 4.80. The minimum atomic E-state index is 0.0467. The van der Waals surface area contributed by atoms with Gasteiger partial charge in [-0.1, -0.05) is 18.7 Å². The number of methoxy groups -OCH3 is 1. The van der Waals surface area contributed by atoms with E-state index < -0.39 is 0 Å². The number of aliphatic hydroxyl groups is 1. The number of hydrogen-bond donors (Lipinski definition) is 1. The van der Waals surface area contributed by atoms with E-state index in [9.17, 15) is 0 Å². The molecule has 1 unspecified atom stereocenters. The Morgan fingerprint density at radius 1 is 1.60 bits per heavy atom. The van der Waals surface area contributed by atoms with Crippen molar-refractivity contribution in [3.05, 3.63) is 0 Å². The van der Waals surface area contributed by atoms with Crippen LogP contribution < -0.4 is 0 Å². The Bertz CT molecular complexity index is 281. The maximum atomic E-state index is 8.79. The van der Waals surface area contributed by atoms with Gasteiger partial charge in [-0.2, -0.15) is 0 Å². The standard InChI is InChI=1S/C8H16N4O2S/c1-7(3-6-14-2)15-8-9-10-11-12(8)4-5-13/h7,13H,3-6H2,1-2H3. The van der Waals surface area contributed by atoms with Crippen molar-refractivity contribution in [1.82, 2.24) is 20.2 Å². The van der Waals surface area contributed by atoms with Gasteiger partial charge in [0.1, 0.15) is 0 Å². The van der Waals surface area contributed by atoms with Crippen molar-refractivity contribution in [3.8, 4) is 0 Å². The van der Waals surface area contributed by atoms with Crippen molar-refractivity contribution in [2.45, 2.75) is 30.3 Å². The molecule has 6 nitrogen and oxygen atoms in total. The lowest BCUT2D eigenvalue weighted by molar-refractivity contribution is 0.195. The van der Waals surface area contributed by atoms with Crippen molar-refractivity contribution < 1.29 is 9.84 Å². The summed E-state index contributed by atoms with van der Waals surface area (Å²) in [6.07, 6.45) is 0.952. The van der Waals surface area contributed by atoms with Crippen molar-refractivity contribution in [2.24, 2.45) is 0 Å². The summed E-state index contributed by atoms with van der Waals surface area (Å²) in [6, 6.07) is 0. The third kappa shape index (κ3) is 4.15. The fourth-order valence-electron chi connectivity index (χ4n) is 1.04. The van der Waals surface area contributed by atoms with E-state index in [0.29, 0.717) is 11.8 Å². The number of rotatable bonds is 7. The molecule has 1 rings (SSSR count). The molecule has 0 saturated heterocycles. The molecule has 0 bridgehead atoms. The lowest BCUT2D eigenvalue weighted by atomic mass is 10.3. The van der Waals surface area contributed by atoms with E-state index >= 15 is 0 Å². The van der Waals surface area contributed by atoms with Gasteiger partial charge in [-0.3, -0.25) is 0 Å². The molecular formula is C8H16N4O2S. The molecule has 15 heavy (non-hydrogen) atoms. The van der Waals surface area contributed by atoms with Crippen LogP contribution in [-0.2, 0) is 11.3 Å². The molecule has 0 aliphatic carbocycles. The van der Waals surface area contributed by atoms with E-state index in [1.807, 2.05) is 0 Å². The lowest BCUT2D eigenvalue weighted by Crippen LogP contribution is -2.08. The van der Waals surface area contributed by atoms with E-state index in [4.69, 9.17) is 9.84 Å². The predicted molar refractivity (Wildman–Crippen MR) is 56.7 cm³/mol. The summed E-state index contributed by atoms with van der Waals surface area (Å²) < 4.78 is 6.60. The monoisotopic (exact) mass is 232 g/mol. The van der Waals surface area contributed by atoms with Crippen LogP contribution in [0.25, 0.3) is 0 Å². The van der Waals surface area contributed by atoms with Crippen LogP contribution in [0.2, 0.25) is 0 Å². The summed E-state index contributed by atoms with van der Waals surface area (Å²) in [5, 5.41) is 21.2. The highest BCUT2D eigenvalue weighted by Crippen LogP contribution is 2.21. The number of hydrogen-bond acceptors (Lipinski definition) is 6. The van der Waals surface area contributed by atoms with Gasteiger partial charge in [0.25, 0.3) is 0 Å². The molecule has 1 heterocycles. The highest BCUT2D eigenvalue weighted by Gasteiger charge is 2.11. The SMILES string of the molecule is COCCC(C)Sc1nnnn1CCO. The second kappa shape index (κ2) is 6.76. The molecule has 0 aliphatic heterocycles. The second-order valence-electron chi connectivity index (χ2n) is 3.12. The minimum Gasteiger partial charge on any atom is -0.394 e. The lowest BCUT2D eigenvalue weighted by Gasteiger charge is -2.09. The Morgan fingerprint density at radius 2 is 2.40 bits per heavy atom. The van der Waals surface area contributed by atoms with E-state index in [0.717, 1.165) is 18.2 Å². The van der Waals surface area contributed by atoms with Gasteiger partial charge in [0.05, 0.1) is 13.2 Å². The van der Waals surface area contributed by atoms with Crippen LogP contribution in [0.3, 0.4) is 0 Å². The Balaban J connectivity index is 2.44. The molecular weight excluding hydrogens is 216 g/mol. The van der Waals surface area contributed by atoms with Gasteiger partial charge in [0.2, 0.25) is 5.16 Å². The first-order chi connectivity index (χ1) is 7.27. The molecule has 1 aromatic heterocycles.